The SMILES string of the molecule is CCc1nn(C)c(CC)c1CNC(=NC)N1CCSC(C(C)C)C1. The van der Waals surface area contributed by atoms with Crippen LogP contribution in [0.2, 0.25) is 0 Å². The number of nitrogens with one attached hydrogen (secondary N) is 1. The van der Waals surface area contributed by atoms with Crippen LogP contribution in [0.4, 0.5) is 0 Å². The summed E-state index contributed by atoms with van der Waals surface area (Å²) in [4.78, 5) is 6.94. The zero-order chi connectivity index (χ0) is 17.7. The molecule has 2 heterocycles. The molecular formula is C18H33N5S. The standard InChI is InChI=1S/C18H33N5S/c1-7-15-14(16(8-2)22(6)21-15)11-20-18(19-5)23-9-10-24-17(12-23)13(3)4/h13,17H,7-12H2,1-6H3,(H,19,20). The highest BCUT2D eigenvalue weighted by Crippen LogP contribution is 2.25. The zero-order valence-corrected chi connectivity index (χ0v) is 16.9. The Labute approximate surface area is 151 Å². The summed E-state index contributed by atoms with van der Waals surface area (Å²) in [7, 11) is 3.94. The highest BCUT2D eigenvalue weighted by molar-refractivity contribution is 8.00. The first-order chi connectivity index (χ1) is 11.5. The molecule has 0 aliphatic carbocycles. The smallest absolute Gasteiger partial charge is 0.193 e. The van der Waals surface area contributed by atoms with Crippen LogP contribution < -0.4 is 5.32 Å². The summed E-state index contributed by atoms with van der Waals surface area (Å²) < 4.78 is 2.03. The third kappa shape index (κ3) is 4.26. The summed E-state index contributed by atoms with van der Waals surface area (Å²) in [6, 6.07) is 0. The molecule has 0 aromatic carbocycles. The second-order valence-electron chi connectivity index (χ2n) is 6.70. The van der Waals surface area contributed by atoms with Gasteiger partial charge in [0.2, 0.25) is 0 Å². The van der Waals surface area contributed by atoms with E-state index in [0.29, 0.717) is 11.2 Å². The molecule has 1 aliphatic heterocycles. The maximum Gasteiger partial charge on any atom is 0.193 e. The van der Waals surface area contributed by atoms with Crippen LogP contribution in [-0.4, -0.2) is 51.8 Å². The number of aryl methyl sites for hydroxylation is 2. The third-order valence-corrected chi connectivity index (χ3v) is 6.34. The number of hydrogen-bond donors (Lipinski definition) is 1. The Balaban J connectivity index is 2.07. The van der Waals surface area contributed by atoms with Crippen molar-refractivity contribution in [3.8, 4) is 0 Å². The van der Waals surface area contributed by atoms with Gasteiger partial charge in [0.25, 0.3) is 0 Å². The first-order valence-electron chi connectivity index (χ1n) is 9.12. The Hall–Kier alpha value is -1.17. The van der Waals surface area contributed by atoms with Gasteiger partial charge in [0.1, 0.15) is 0 Å². The number of hydrogen-bond acceptors (Lipinski definition) is 3. The minimum atomic E-state index is 0.688. The lowest BCUT2D eigenvalue weighted by molar-refractivity contribution is 0.380. The van der Waals surface area contributed by atoms with Gasteiger partial charge in [0, 0.05) is 56.0 Å². The van der Waals surface area contributed by atoms with E-state index in [2.05, 4.69) is 59.8 Å². The lowest BCUT2D eigenvalue weighted by Gasteiger charge is -2.36. The summed E-state index contributed by atoms with van der Waals surface area (Å²) in [6.45, 7) is 12.0. The summed E-state index contributed by atoms with van der Waals surface area (Å²) in [6.07, 6.45) is 1.98. The highest BCUT2D eigenvalue weighted by atomic mass is 32.2. The van der Waals surface area contributed by atoms with Crippen molar-refractivity contribution in [1.29, 1.82) is 0 Å². The number of nitrogens with zero attached hydrogens (tertiary/aromatic N) is 4. The number of guanidine groups is 1. The average Bonchev–Trinajstić information content (AvgIpc) is 2.90. The lowest BCUT2D eigenvalue weighted by Crippen LogP contribution is -2.48. The minimum absolute atomic E-state index is 0.688. The molecule has 1 N–H and O–H groups in total. The van der Waals surface area contributed by atoms with E-state index in [0.717, 1.165) is 38.4 Å². The molecule has 0 saturated carbocycles. The van der Waals surface area contributed by atoms with Crippen LogP contribution in [0.5, 0.6) is 0 Å². The molecule has 1 fully saturated rings. The van der Waals surface area contributed by atoms with Gasteiger partial charge in [0.15, 0.2) is 5.96 Å². The average molecular weight is 352 g/mol. The Morgan fingerprint density at radius 3 is 2.71 bits per heavy atom. The summed E-state index contributed by atoms with van der Waals surface area (Å²) in [5.41, 5.74) is 3.87. The van der Waals surface area contributed by atoms with Crippen molar-refractivity contribution in [2.75, 3.05) is 25.9 Å². The van der Waals surface area contributed by atoms with Crippen LogP contribution in [0.15, 0.2) is 4.99 Å². The van der Waals surface area contributed by atoms with Gasteiger partial charge in [-0.25, -0.2) is 0 Å². The van der Waals surface area contributed by atoms with Crippen LogP contribution in [0.1, 0.15) is 44.6 Å². The van der Waals surface area contributed by atoms with E-state index in [1.807, 2.05) is 18.8 Å². The van der Waals surface area contributed by atoms with Crippen LogP contribution in [0.25, 0.3) is 0 Å². The van der Waals surface area contributed by atoms with Crippen LogP contribution in [-0.2, 0) is 26.4 Å². The van der Waals surface area contributed by atoms with E-state index < -0.39 is 0 Å². The number of rotatable bonds is 5. The molecule has 6 heteroatoms. The second kappa shape index (κ2) is 8.79. The normalized spacial score (nSPS) is 19.2. The summed E-state index contributed by atoms with van der Waals surface area (Å²) >= 11 is 2.10. The fraction of sp³-hybridized carbons (Fsp3) is 0.778. The fourth-order valence-corrected chi connectivity index (χ4v) is 4.66. The van der Waals surface area contributed by atoms with Crippen molar-refractivity contribution in [2.45, 2.75) is 52.3 Å². The molecule has 0 radical (unpaired) electrons. The monoisotopic (exact) mass is 351 g/mol. The molecule has 1 aromatic rings. The van der Waals surface area contributed by atoms with Gasteiger partial charge in [-0.15, -0.1) is 0 Å². The van der Waals surface area contributed by atoms with Crippen LogP contribution in [0, 0.1) is 5.92 Å². The topological polar surface area (TPSA) is 45.5 Å². The number of thioether (sulfide) groups is 1. The van der Waals surface area contributed by atoms with Crippen molar-refractivity contribution in [3.05, 3.63) is 17.0 Å². The Bertz CT molecular complexity index is 564. The second-order valence-corrected chi connectivity index (χ2v) is 8.05. The molecule has 1 atom stereocenters. The van der Waals surface area contributed by atoms with Gasteiger partial charge in [0.05, 0.1) is 5.69 Å². The van der Waals surface area contributed by atoms with Crippen molar-refractivity contribution < 1.29 is 0 Å². The van der Waals surface area contributed by atoms with Crippen molar-refractivity contribution in [3.63, 3.8) is 0 Å². The predicted molar refractivity (Wildman–Crippen MR) is 105 cm³/mol. The highest BCUT2D eigenvalue weighted by Gasteiger charge is 2.25. The molecule has 0 bridgehead atoms. The van der Waals surface area contributed by atoms with Crippen molar-refractivity contribution in [1.82, 2.24) is 20.0 Å². The molecule has 1 aromatic heterocycles. The van der Waals surface area contributed by atoms with E-state index >= 15 is 0 Å². The third-order valence-electron chi connectivity index (χ3n) is 4.80. The van der Waals surface area contributed by atoms with Crippen molar-refractivity contribution in [2.24, 2.45) is 18.0 Å². The molecule has 5 nitrogen and oxygen atoms in total. The summed E-state index contributed by atoms with van der Waals surface area (Å²) in [5, 5.41) is 8.95. The summed E-state index contributed by atoms with van der Waals surface area (Å²) in [5.74, 6) is 2.90. The molecule has 1 unspecified atom stereocenters. The van der Waals surface area contributed by atoms with Gasteiger partial charge in [-0.2, -0.15) is 16.9 Å². The molecule has 1 saturated heterocycles. The van der Waals surface area contributed by atoms with Crippen molar-refractivity contribution >= 4 is 17.7 Å². The van der Waals surface area contributed by atoms with Gasteiger partial charge in [-0.3, -0.25) is 9.67 Å². The molecule has 24 heavy (non-hydrogen) atoms. The van der Waals surface area contributed by atoms with E-state index in [9.17, 15) is 0 Å². The molecule has 1 aliphatic rings. The number of aromatic nitrogens is 2. The molecule has 2 rings (SSSR count). The van der Waals surface area contributed by atoms with E-state index in [1.165, 1.54) is 22.7 Å². The lowest BCUT2D eigenvalue weighted by atomic mass is 10.1. The Kier molecular flexibility index (Phi) is 7.02. The van der Waals surface area contributed by atoms with Crippen LogP contribution in [0.3, 0.4) is 0 Å². The quantitative estimate of drug-likeness (QED) is 0.654. The largest absolute Gasteiger partial charge is 0.352 e. The Morgan fingerprint density at radius 2 is 2.12 bits per heavy atom. The first-order valence-corrected chi connectivity index (χ1v) is 10.2. The zero-order valence-electron chi connectivity index (χ0n) is 16.1. The fourth-order valence-electron chi connectivity index (χ4n) is 3.36. The molecule has 0 spiro atoms. The van der Waals surface area contributed by atoms with Gasteiger partial charge in [-0.1, -0.05) is 27.7 Å². The predicted octanol–water partition coefficient (Wildman–Crippen LogP) is 2.69. The molecule has 136 valence electrons. The Morgan fingerprint density at radius 1 is 1.38 bits per heavy atom. The van der Waals surface area contributed by atoms with E-state index in [4.69, 9.17) is 0 Å². The van der Waals surface area contributed by atoms with Gasteiger partial charge < -0.3 is 10.2 Å². The number of aliphatic imine (C=N–C) groups is 1. The maximum atomic E-state index is 4.67. The van der Waals surface area contributed by atoms with Gasteiger partial charge in [-0.05, 0) is 18.8 Å². The van der Waals surface area contributed by atoms with E-state index in [-0.39, 0.29) is 0 Å². The maximum absolute atomic E-state index is 4.67. The minimum Gasteiger partial charge on any atom is -0.352 e. The van der Waals surface area contributed by atoms with Crippen LogP contribution >= 0.6 is 11.8 Å². The first kappa shape index (κ1) is 19.2. The van der Waals surface area contributed by atoms with E-state index in [1.54, 1.807) is 0 Å². The molecular weight excluding hydrogens is 318 g/mol. The molecule has 0 amide bonds. The van der Waals surface area contributed by atoms with Gasteiger partial charge >= 0.3 is 0 Å².